The second-order valence-corrected chi connectivity index (χ2v) is 8.13. The Balaban J connectivity index is 1.76. The van der Waals surface area contributed by atoms with Gasteiger partial charge in [-0.05, 0) is 0 Å². The van der Waals surface area contributed by atoms with Gasteiger partial charge in [-0.2, -0.15) is 0 Å². The third kappa shape index (κ3) is 6.12. The van der Waals surface area contributed by atoms with Gasteiger partial charge in [0, 0.05) is 45.8 Å². The monoisotopic (exact) mass is 387 g/mol. The Morgan fingerprint density at radius 1 is 1.28 bits per heavy atom. The molecular formula is C15H25N5O3S2. The number of ether oxygens (including phenoxy) is 1. The van der Waals surface area contributed by atoms with Crippen molar-refractivity contribution in [3.63, 3.8) is 0 Å². The zero-order chi connectivity index (χ0) is 18.2. The third-order valence-electron chi connectivity index (χ3n) is 3.71. The quantitative estimate of drug-likeness (QED) is 0.519. The molecule has 10 heteroatoms. The highest BCUT2D eigenvalue weighted by Crippen LogP contribution is 2.28. The van der Waals surface area contributed by atoms with E-state index in [1.54, 1.807) is 7.11 Å². The number of piperazine rings is 1. The number of carbonyl (C=O) groups is 2. The summed E-state index contributed by atoms with van der Waals surface area (Å²) in [5.74, 6) is 0.507. The minimum Gasteiger partial charge on any atom is -0.383 e. The molecule has 1 N–H and O–H groups in total. The van der Waals surface area contributed by atoms with Crippen LogP contribution in [-0.4, -0.2) is 79.1 Å². The normalized spacial score (nSPS) is 14.9. The van der Waals surface area contributed by atoms with Crippen LogP contribution in [0.4, 0.5) is 5.13 Å². The number of anilines is 1. The van der Waals surface area contributed by atoms with Crippen molar-refractivity contribution in [2.24, 2.45) is 5.92 Å². The van der Waals surface area contributed by atoms with Crippen LogP contribution in [-0.2, 0) is 14.3 Å². The molecule has 0 atom stereocenters. The number of thioether (sulfide) groups is 1. The molecule has 1 aliphatic rings. The summed E-state index contributed by atoms with van der Waals surface area (Å²) in [7, 11) is 1.60. The number of methoxy groups -OCH3 is 1. The van der Waals surface area contributed by atoms with Gasteiger partial charge >= 0.3 is 0 Å². The number of nitrogens with one attached hydrogen (secondary N) is 1. The molecule has 140 valence electrons. The summed E-state index contributed by atoms with van der Waals surface area (Å²) >= 11 is 2.87. The van der Waals surface area contributed by atoms with Crippen molar-refractivity contribution in [1.82, 2.24) is 20.4 Å². The Morgan fingerprint density at radius 2 is 2.00 bits per heavy atom. The summed E-state index contributed by atoms with van der Waals surface area (Å²) < 4.78 is 5.66. The van der Waals surface area contributed by atoms with Crippen LogP contribution in [0.5, 0.6) is 0 Å². The van der Waals surface area contributed by atoms with Gasteiger partial charge in [-0.1, -0.05) is 36.9 Å². The molecule has 0 radical (unpaired) electrons. The van der Waals surface area contributed by atoms with Crippen LogP contribution in [0.25, 0.3) is 0 Å². The lowest BCUT2D eigenvalue weighted by atomic mass is 10.2. The summed E-state index contributed by atoms with van der Waals surface area (Å²) in [6.07, 6.45) is 0. The molecule has 25 heavy (non-hydrogen) atoms. The highest BCUT2D eigenvalue weighted by atomic mass is 32.2. The SMILES string of the molecule is COCCNC(=O)CSc1nnc(N2CCN(C(=O)C(C)C)CC2)s1. The first-order valence-electron chi connectivity index (χ1n) is 8.27. The van der Waals surface area contributed by atoms with Gasteiger partial charge in [-0.25, -0.2) is 0 Å². The molecule has 1 aromatic heterocycles. The maximum absolute atomic E-state index is 12.0. The number of rotatable bonds is 8. The van der Waals surface area contributed by atoms with Gasteiger partial charge < -0.3 is 19.9 Å². The van der Waals surface area contributed by atoms with Gasteiger partial charge in [0.15, 0.2) is 4.34 Å². The number of amides is 2. The largest absolute Gasteiger partial charge is 0.383 e. The van der Waals surface area contributed by atoms with Crippen molar-refractivity contribution < 1.29 is 14.3 Å². The fraction of sp³-hybridized carbons (Fsp3) is 0.733. The zero-order valence-electron chi connectivity index (χ0n) is 14.9. The Morgan fingerprint density at radius 3 is 2.64 bits per heavy atom. The van der Waals surface area contributed by atoms with Crippen molar-refractivity contribution in [2.45, 2.75) is 18.2 Å². The lowest BCUT2D eigenvalue weighted by Gasteiger charge is -2.35. The van der Waals surface area contributed by atoms with Gasteiger partial charge in [0.25, 0.3) is 0 Å². The molecule has 0 bridgehead atoms. The molecule has 2 amide bonds. The van der Waals surface area contributed by atoms with E-state index in [-0.39, 0.29) is 17.7 Å². The van der Waals surface area contributed by atoms with Crippen LogP contribution in [0.15, 0.2) is 4.34 Å². The predicted molar refractivity (Wildman–Crippen MR) is 99.1 cm³/mol. The summed E-state index contributed by atoms with van der Waals surface area (Å²) in [5, 5.41) is 12.0. The van der Waals surface area contributed by atoms with Crippen molar-refractivity contribution >= 4 is 40.0 Å². The summed E-state index contributed by atoms with van der Waals surface area (Å²) in [6, 6.07) is 0. The Labute approximate surface area is 156 Å². The van der Waals surface area contributed by atoms with Gasteiger partial charge in [-0.3, -0.25) is 9.59 Å². The van der Waals surface area contributed by atoms with Gasteiger partial charge in [-0.15, -0.1) is 10.2 Å². The number of nitrogens with zero attached hydrogens (tertiary/aromatic N) is 4. The first-order valence-corrected chi connectivity index (χ1v) is 10.1. The summed E-state index contributed by atoms with van der Waals surface area (Å²) in [6.45, 7) is 7.80. The number of carbonyl (C=O) groups excluding carboxylic acids is 2. The van der Waals surface area contributed by atoms with Gasteiger partial charge in [0.1, 0.15) is 0 Å². The lowest BCUT2D eigenvalue weighted by Crippen LogP contribution is -2.49. The minimum absolute atomic E-state index is 0.0334. The average Bonchev–Trinajstić information content (AvgIpc) is 3.08. The van der Waals surface area contributed by atoms with E-state index in [0.717, 1.165) is 22.6 Å². The second-order valence-electron chi connectivity index (χ2n) is 5.95. The number of hydrogen-bond donors (Lipinski definition) is 1. The molecule has 1 aliphatic heterocycles. The highest BCUT2D eigenvalue weighted by Gasteiger charge is 2.24. The molecule has 1 aromatic rings. The van der Waals surface area contributed by atoms with E-state index in [1.807, 2.05) is 18.7 Å². The molecular weight excluding hydrogens is 362 g/mol. The van der Waals surface area contributed by atoms with E-state index in [9.17, 15) is 9.59 Å². The van der Waals surface area contributed by atoms with E-state index in [2.05, 4.69) is 20.4 Å². The lowest BCUT2D eigenvalue weighted by molar-refractivity contribution is -0.134. The van der Waals surface area contributed by atoms with E-state index in [4.69, 9.17) is 4.74 Å². The fourth-order valence-electron chi connectivity index (χ4n) is 2.34. The van der Waals surface area contributed by atoms with E-state index in [1.165, 1.54) is 23.1 Å². The maximum Gasteiger partial charge on any atom is 0.230 e. The number of hydrogen-bond acceptors (Lipinski definition) is 8. The van der Waals surface area contributed by atoms with Crippen LogP contribution < -0.4 is 10.2 Å². The predicted octanol–water partition coefficient (Wildman–Crippen LogP) is 0.697. The number of aromatic nitrogens is 2. The molecule has 2 heterocycles. The van der Waals surface area contributed by atoms with E-state index in [0.29, 0.717) is 32.0 Å². The smallest absolute Gasteiger partial charge is 0.230 e. The standard InChI is InChI=1S/C15H25N5O3S2/c1-11(2)13(22)19-5-7-20(8-6-19)14-17-18-15(25-14)24-10-12(21)16-4-9-23-3/h11H,4-10H2,1-3H3,(H,16,21). The van der Waals surface area contributed by atoms with Gasteiger partial charge in [0.2, 0.25) is 16.9 Å². The molecule has 8 nitrogen and oxygen atoms in total. The van der Waals surface area contributed by atoms with Crippen LogP contribution >= 0.6 is 23.1 Å². The zero-order valence-corrected chi connectivity index (χ0v) is 16.5. The topological polar surface area (TPSA) is 87.7 Å². The first kappa shape index (κ1) is 19.9. The molecule has 2 rings (SSSR count). The Bertz CT molecular complexity index is 573. The minimum atomic E-state index is -0.0420. The third-order valence-corrected chi connectivity index (χ3v) is 5.82. The van der Waals surface area contributed by atoms with Gasteiger partial charge in [0.05, 0.1) is 12.4 Å². The van der Waals surface area contributed by atoms with Crippen molar-refractivity contribution in [2.75, 3.05) is 57.1 Å². The maximum atomic E-state index is 12.0. The van der Waals surface area contributed by atoms with E-state index >= 15 is 0 Å². The summed E-state index contributed by atoms with van der Waals surface area (Å²) in [4.78, 5) is 27.7. The highest BCUT2D eigenvalue weighted by molar-refractivity contribution is 8.01. The molecule has 0 unspecified atom stereocenters. The van der Waals surface area contributed by atoms with Crippen molar-refractivity contribution in [3.8, 4) is 0 Å². The molecule has 0 spiro atoms. The molecule has 0 aliphatic carbocycles. The van der Waals surface area contributed by atoms with Crippen molar-refractivity contribution in [1.29, 1.82) is 0 Å². The van der Waals surface area contributed by atoms with E-state index < -0.39 is 0 Å². The Kier molecular flexibility index (Phi) is 7.91. The average molecular weight is 388 g/mol. The van der Waals surface area contributed by atoms with Crippen LogP contribution in [0.1, 0.15) is 13.8 Å². The van der Waals surface area contributed by atoms with Crippen LogP contribution in [0.3, 0.4) is 0 Å². The second kappa shape index (κ2) is 9.93. The summed E-state index contributed by atoms with van der Waals surface area (Å²) in [5.41, 5.74) is 0. The fourth-order valence-corrected chi connectivity index (χ4v) is 4.07. The first-order chi connectivity index (χ1) is 12.0. The molecule has 0 saturated carbocycles. The molecule has 1 fully saturated rings. The molecule has 0 aromatic carbocycles. The van der Waals surface area contributed by atoms with Crippen LogP contribution in [0.2, 0.25) is 0 Å². The molecule has 1 saturated heterocycles. The van der Waals surface area contributed by atoms with Crippen LogP contribution in [0, 0.1) is 5.92 Å². The van der Waals surface area contributed by atoms with Crippen molar-refractivity contribution in [3.05, 3.63) is 0 Å². The Hall–Kier alpha value is -1.39.